The van der Waals surface area contributed by atoms with Gasteiger partial charge in [-0.2, -0.15) is 4.98 Å². The van der Waals surface area contributed by atoms with Crippen molar-refractivity contribution >= 4 is 21.8 Å². The normalized spacial score (nSPS) is 25.1. The maximum atomic E-state index is 13.0. The van der Waals surface area contributed by atoms with Gasteiger partial charge in [0.15, 0.2) is 5.82 Å². The number of halogens is 1. The molecule has 26 heavy (non-hydrogen) atoms. The third kappa shape index (κ3) is 3.06. The molecule has 0 N–H and O–H groups in total. The molecule has 1 aliphatic carbocycles. The van der Waals surface area contributed by atoms with Crippen LogP contribution in [0.15, 0.2) is 27.5 Å². The van der Waals surface area contributed by atoms with Gasteiger partial charge in [-0.3, -0.25) is 9.78 Å². The van der Waals surface area contributed by atoms with Crippen LogP contribution in [0.5, 0.6) is 0 Å². The highest BCUT2D eigenvalue weighted by molar-refractivity contribution is 9.10. The fourth-order valence-corrected chi connectivity index (χ4v) is 4.77. The van der Waals surface area contributed by atoms with Gasteiger partial charge in [0, 0.05) is 36.4 Å². The van der Waals surface area contributed by atoms with Crippen molar-refractivity contribution in [3.05, 3.63) is 40.2 Å². The number of nitrogens with zero attached hydrogens (tertiary/aromatic N) is 4. The van der Waals surface area contributed by atoms with Crippen molar-refractivity contribution in [2.75, 3.05) is 13.1 Å². The van der Waals surface area contributed by atoms with Crippen LogP contribution in [-0.2, 0) is 11.8 Å². The van der Waals surface area contributed by atoms with E-state index in [1.165, 1.54) is 0 Å². The van der Waals surface area contributed by atoms with Gasteiger partial charge in [-0.05, 0) is 46.7 Å². The first-order chi connectivity index (χ1) is 12.5. The van der Waals surface area contributed by atoms with Crippen LogP contribution in [0, 0.1) is 11.8 Å². The highest BCUT2D eigenvalue weighted by Gasteiger charge is 2.54. The third-order valence-electron chi connectivity index (χ3n) is 5.61. The quantitative estimate of drug-likeness (QED) is 0.757. The summed E-state index contributed by atoms with van der Waals surface area (Å²) < 4.78 is 6.32. The van der Waals surface area contributed by atoms with Gasteiger partial charge in [-0.15, -0.1) is 0 Å². The molecule has 6 nitrogen and oxygen atoms in total. The van der Waals surface area contributed by atoms with E-state index in [0.717, 1.165) is 42.5 Å². The maximum Gasteiger partial charge on any atom is 0.255 e. The molecule has 2 atom stereocenters. The molecule has 0 bridgehead atoms. The number of likely N-dealkylation sites (tertiary alicyclic amines) is 1. The average Bonchev–Trinajstić information content (AvgIpc) is 3.27. The second-order valence-electron chi connectivity index (χ2n) is 7.93. The zero-order chi connectivity index (χ0) is 18.3. The molecule has 0 aromatic carbocycles. The first-order valence-electron chi connectivity index (χ1n) is 9.21. The average molecular weight is 419 g/mol. The van der Waals surface area contributed by atoms with Crippen molar-refractivity contribution < 1.29 is 9.32 Å². The molecule has 1 saturated carbocycles. The van der Waals surface area contributed by atoms with Crippen molar-refractivity contribution in [3.63, 3.8) is 0 Å². The molecule has 1 amide bonds. The molecule has 4 rings (SSSR count). The van der Waals surface area contributed by atoms with E-state index >= 15 is 0 Å². The van der Waals surface area contributed by atoms with E-state index in [2.05, 4.69) is 39.9 Å². The van der Waals surface area contributed by atoms with Gasteiger partial charge in [-0.25, -0.2) is 0 Å². The van der Waals surface area contributed by atoms with E-state index in [4.69, 9.17) is 9.51 Å². The first kappa shape index (κ1) is 17.6. The van der Waals surface area contributed by atoms with Crippen LogP contribution >= 0.6 is 15.9 Å². The van der Waals surface area contributed by atoms with Gasteiger partial charge in [0.25, 0.3) is 5.91 Å². The Hall–Kier alpha value is -1.76. The monoisotopic (exact) mass is 418 g/mol. The maximum absolute atomic E-state index is 13.0. The van der Waals surface area contributed by atoms with E-state index in [1.54, 1.807) is 12.4 Å². The summed E-state index contributed by atoms with van der Waals surface area (Å²) in [5, 5.41) is 4.32. The Labute approximate surface area is 161 Å². The lowest BCUT2D eigenvalue weighted by Gasteiger charge is -2.24. The van der Waals surface area contributed by atoms with Crippen LogP contribution in [0.1, 0.15) is 55.2 Å². The summed E-state index contributed by atoms with van der Waals surface area (Å²) >= 11 is 3.39. The van der Waals surface area contributed by atoms with Gasteiger partial charge >= 0.3 is 0 Å². The summed E-state index contributed by atoms with van der Waals surface area (Å²) in [6, 6.07) is 1.82. The molecule has 7 heteroatoms. The zero-order valence-corrected chi connectivity index (χ0v) is 16.7. The number of rotatable bonds is 4. The molecule has 2 aromatic rings. The standard InChI is InChI=1S/C19H23BrN4O2/c1-12(2)6-16-22-18(23-26-16)19-5-3-4-14(19)10-24(11-19)17(25)13-7-15(20)9-21-8-13/h7-9,12,14H,3-6,10-11H2,1-2H3/t14-,19-/m1/s1. The van der Waals surface area contributed by atoms with Crippen LogP contribution in [-0.4, -0.2) is 39.0 Å². The lowest BCUT2D eigenvalue weighted by molar-refractivity contribution is 0.0776. The van der Waals surface area contributed by atoms with E-state index in [-0.39, 0.29) is 11.3 Å². The van der Waals surface area contributed by atoms with Crippen LogP contribution in [0.25, 0.3) is 0 Å². The predicted octanol–water partition coefficient (Wildman–Crippen LogP) is 3.62. The number of carbonyl (C=O) groups excluding carboxylic acids is 1. The lowest BCUT2D eigenvalue weighted by atomic mass is 9.80. The second-order valence-corrected chi connectivity index (χ2v) is 8.85. The highest BCUT2D eigenvalue weighted by atomic mass is 79.9. The molecule has 2 aliphatic rings. The van der Waals surface area contributed by atoms with Crippen molar-refractivity contribution in [2.24, 2.45) is 11.8 Å². The summed E-state index contributed by atoms with van der Waals surface area (Å²) in [5.74, 6) is 2.40. The Morgan fingerprint density at radius 1 is 1.46 bits per heavy atom. The zero-order valence-electron chi connectivity index (χ0n) is 15.1. The van der Waals surface area contributed by atoms with E-state index in [1.807, 2.05) is 11.0 Å². The molecule has 2 aromatic heterocycles. The Morgan fingerprint density at radius 3 is 3.08 bits per heavy atom. The summed E-state index contributed by atoms with van der Waals surface area (Å²) in [7, 11) is 0. The third-order valence-corrected chi connectivity index (χ3v) is 6.04. The first-order valence-corrected chi connectivity index (χ1v) is 10.00. The SMILES string of the molecule is CC(C)Cc1nc([C@@]23CCC[C@@H]2CN(C(=O)c2cncc(Br)c2)C3)no1. The van der Waals surface area contributed by atoms with Gasteiger partial charge < -0.3 is 9.42 Å². The number of hydrogen-bond donors (Lipinski definition) is 0. The largest absolute Gasteiger partial charge is 0.339 e. The Kier molecular flexibility index (Phi) is 4.59. The van der Waals surface area contributed by atoms with Gasteiger partial charge in [0.2, 0.25) is 5.89 Å². The second kappa shape index (κ2) is 6.76. The minimum atomic E-state index is -0.159. The minimum Gasteiger partial charge on any atom is -0.339 e. The number of hydrogen-bond acceptors (Lipinski definition) is 5. The number of pyridine rings is 1. The molecular weight excluding hydrogens is 396 g/mol. The number of carbonyl (C=O) groups is 1. The summed E-state index contributed by atoms with van der Waals surface area (Å²) in [6.45, 7) is 5.69. The highest BCUT2D eigenvalue weighted by Crippen LogP contribution is 2.49. The molecule has 0 spiro atoms. The molecule has 2 fully saturated rings. The predicted molar refractivity (Wildman–Crippen MR) is 99.7 cm³/mol. The van der Waals surface area contributed by atoms with Crippen LogP contribution in [0.3, 0.4) is 0 Å². The molecular formula is C19H23BrN4O2. The van der Waals surface area contributed by atoms with Crippen molar-refractivity contribution in [1.29, 1.82) is 0 Å². The smallest absolute Gasteiger partial charge is 0.255 e. The summed E-state index contributed by atoms with van der Waals surface area (Å²) in [5.41, 5.74) is 0.455. The minimum absolute atomic E-state index is 0.0264. The van der Waals surface area contributed by atoms with Crippen LogP contribution in [0.2, 0.25) is 0 Å². The molecule has 0 radical (unpaired) electrons. The van der Waals surface area contributed by atoms with Crippen molar-refractivity contribution in [2.45, 2.75) is 44.9 Å². The number of fused-ring (bicyclic) bond motifs is 1. The Morgan fingerprint density at radius 2 is 2.31 bits per heavy atom. The fraction of sp³-hybridized carbons (Fsp3) is 0.579. The van der Waals surface area contributed by atoms with Gasteiger partial charge in [0.05, 0.1) is 11.0 Å². The van der Waals surface area contributed by atoms with E-state index in [9.17, 15) is 4.79 Å². The molecule has 1 saturated heterocycles. The van der Waals surface area contributed by atoms with E-state index in [0.29, 0.717) is 29.8 Å². The summed E-state index contributed by atoms with van der Waals surface area (Å²) in [6.07, 6.45) is 7.38. The fourth-order valence-electron chi connectivity index (χ4n) is 4.41. The molecule has 138 valence electrons. The number of aromatic nitrogens is 3. The lowest BCUT2D eigenvalue weighted by Crippen LogP contribution is -2.35. The van der Waals surface area contributed by atoms with Gasteiger partial charge in [0.1, 0.15) is 0 Å². The topological polar surface area (TPSA) is 72.1 Å². The Bertz CT molecular complexity index is 821. The van der Waals surface area contributed by atoms with Crippen molar-refractivity contribution in [3.8, 4) is 0 Å². The molecule has 1 aliphatic heterocycles. The van der Waals surface area contributed by atoms with Crippen LogP contribution < -0.4 is 0 Å². The Balaban J connectivity index is 1.59. The van der Waals surface area contributed by atoms with Crippen LogP contribution in [0.4, 0.5) is 0 Å². The van der Waals surface area contributed by atoms with Crippen molar-refractivity contribution in [1.82, 2.24) is 20.0 Å². The van der Waals surface area contributed by atoms with Gasteiger partial charge in [-0.1, -0.05) is 25.4 Å². The molecule has 3 heterocycles. The van der Waals surface area contributed by atoms with E-state index < -0.39 is 0 Å². The summed E-state index contributed by atoms with van der Waals surface area (Å²) in [4.78, 5) is 23.7. The molecule has 0 unspecified atom stereocenters. The number of amides is 1.